The predicted molar refractivity (Wildman–Crippen MR) is 75.0 cm³/mol. The number of rotatable bonds is 5. The SMILES string of the molecule is CC(C)=NNc1ccc(C(=O)NCCS)cc1. The molecule has 1 aromatic carbocycles. The third-order valence-corrected chi connectivity index (χ3v) is 2.18. The molecule has 5 heteroatoms. The fourth-order valence-corrected chi connectivity index (χ4v) is 1.26. The number of hydrazone groups is 1. The fourth-order valence-electron chi connectivity index (χ4n) is 1.14. The Morgan fingerprint density at radius 2 is 1.94 bits per heavy atom. The first kappa shape index (κ1) is 13.6. The van der Waals surface area contributed by atoms with Crippen molar-refractivity contribution in [2.45, 2.75) is 13.8 Å². The quantitative estimate of drug-likeness (QED) is 0.427. The Hall–Kier alpha value is -1.49. The smallest absolute Gasteiger partial charge is 0.251 e. The third-order valence-electron chi connectivity index (χ3n) is 1.95. The van der Waals surface area contributed by atoms with Crippen LogP contribution < -0.4 is 10.7 Å². The zero-order valence-corrected chi connectivity index (χ0v) is 10.9. The molecule has 1 rings (SSSR count). The summed E-state index contributed by atoms with van der Waals surface area (Å²) in [6.45, 7) is 4.39. The van der Waals surface area contributed by atoms with Crippen molar-refractivity contribution in [1.29, 1.82) is 0 Å². The average molecular weight is 251 g/mol. The molecular weight excluding hydrogens is 234 g/mol. The molecule has 0 spiro atoms. The molecule has 0 aliphatic rings. The predicted octanol–water partition coefficient (Wildman–Crippen LogP) is 2.15. The molecule has 92 valence electrons. The second-order valence-electron chi connectivity index (χ2n) is 3.73. The van der Waals surface area contributed by atoms with Crippen LogP contribution in [0.15, 0.2) is 29.4 Å². The minimum Gasteiger partial charge on any atom is -0.351 e. The van der Waals surface area contributed by atoms with Crippen LogP contribution in [-0.4, -0.2) is 23.9 Å². The summed E-state index contributed by atoms with van der Waals surface area (Å²) in [5.74, 6) is 0.552. The van der Waals surface area contributed by atoms with Crippen LogP contribution in [0.4, 0.5) is 5.69 Å². The van der Waals surface area contributed by atoms with E-state index in [9.17, 15) is 4.79 Å². The molecule has 0 aromatic heterocycles. The molecule has 0 fully saturated rings. The van der Waals surface area contributed by atoms with Gasteiger partial charge >= 0.3 is 0 Å². The van der Waals surface area contributed by atoms with Gasteiger partial charge in [-0.3, -0.25) is 10.2 Å². The summed E-state index contributed by atoms with van der Waals surface area (Å²) in [7, 11) is 0. The summed E-state index contributed by atoms with van der Waals surface area (Å²) >= 11 is 4.03. The van der Waals surface area contributed by atoms with Gasteiger partial charge in [-0.1, -0.05) is 0 Å². The average Bonchev–Trinajstić information content (AvgIpc) is 2.34. The van der Waals surface area contributed by atoms with Crippen molar-refractivity contribution < 1.29 is 4.79 Å². The number of nitrogens with one attached hydrogen (secondary N) is 2. The number of hydrogen-bond donors (Lipinski definition) is 3. The Labute approximate surface area is 107 Å². The van der Waals surface area contributed by atoms with Crippen LogP contribution >= 0.6 is 12.6 Å². The molecule has 1 amide bonds. The van der Waals surface area contributed by atoms with Gasteiger partial charge in [0.05, 0.1) is 5.69 Å². The van der Waals surface area contributed by atoms with E-state index in [2.05, 4.69) is 28.5 Å². The topological polar surface area (TPSA) is 53.5 Å². The molecule has 17 heavy (non-hydrogen) atoms. The van der Waals surface area contributed by atoms with Gasteiger partial charge in [-0.05, 0) is 38.1 Å². The second-order valence-corrected chi connectivity index (χ2v) is 4.17. The van der Waals surface area contributed by atoms with Crippen LogP contribution in [0.2, 0.25) is 0 Å². The van der Waals surface area contributed by atoms with Crippen LogP contribution in [-0.2, 0) is 0 Å². The van der Waals surface area contributed by atoms with E-state index in [1.165, 1.54) is 0 Å². The molecule has 1 aromatic rings. The van der Waals surface area contributed by atoms with Crippen LogP contribution in [0.3, 0.4) is 0 Å². The molecule has 0 aliphatic carbocycles. The fraction of sp³-hybridized carbons (Fsp3) is 0.333. The van der Waals surface area contributed by atoms with Gasteiger partial charge < -0.3 is 5.32 Å². The minimum absolute atomic E-state index is 0.0826. The summed E-state index contributed by atoms with van der Waals surface area (Å²) in [5, 5.41) is 6.83. The maximum Gasteiger partial charge on any atom is 0.251 e. The zero-order chi connectivity index (χ0) is 12.7. The maximum absolute atomic E-state index is 11.6. The summed E-state index contributed by atoms with van der Waals surface area (Å²) in [4.78, 5) is 11.6. The van der Waals surface area contributed by atoms with Crippen molar-refractivity contribution in [2.24, 2.45) is 5.10 Å². The molecule has 0 atom stereocenters. The van der Waals surface area contributed by atoms with E-state index in [0.717, 1.165) is 11.4 Å². The molecule has 0 heterocycles. The van der Waals surface area contributed by atoms with Gasteiger partial charge in [0.2, 0.25) is 0 Å². The van der Waals surface area contributed by atoms with Crippen LogP contribution in [0.5, 0.6) is 0 Å². The first-order chi connectivity index (χ1) is 8.13. The van der Waals surface area contributed by atoms with E-state index in [1.807, 2.05) is 26.0 Å². The van der Waals surface area contributed by atoms with Gasteiger partial charge in [-0.2, -0.15) is 17.7 Å². The number of nitrogens with zero attached hydrogens (tertiary/aromatic N) is 1. The Morgan fingerprint density at radius 3 is 2.47 bits per heavy atom. The highest BCUT2D eigenvalue weighted by molar-refractivity contribution is 7.80. The number of carbonyl (C=O) groups is 1. The van der Waals surface area contributed by atoms with E-state index in [4.69, 9.17) is 0 Å². The lowest BCUT2D eigenvalue weighted by molar-refractivity contribution is 0.0956. The van der Waals surface area contributed by atoms with Gasteiger partial charge in [0.25, 0.3) is 5.91 Å². The van der Waals surface area contributed by atoms with Gasteiger partial charge in [0.15, 0.2) is 0 Å². The molecule has 0 radical (unpaired) electrons. The Balaban J connectivity index is 2.61. The lowest BCUT2D eigenvalue weighted by Crippen LogP contribution is -2.25. The molecule has 0 aliphatic heterocycles. The monoisotopic (exact) mass is 251 g/mol. The van der Waals surface area contributed by atoms with Crippen molar-refractivity contribution in [2.75, 3.05) is 17.7 Å². The zero-order valence-electron chi connectivity index (χ0n) is 10.0. The molecule has 0 bridgehead atoms. The first-order valence-corrected chi connectivity index (χ1v) is 6.02. The third kappa shape index (κ3) is 4.91. The summed E-state index contributed by atoms with van der Waals surface area (Å²) in [6.07, 6.45) is 0. The lowest BCUT2D eigenvalue weighted by Gasteiger charge is -2.05. The molecule has 2 N–H and O–H groups in total. The largest absolute Gasteiger partial charge is 0.351 e. The van der Waals surface area contributed by atoms with E-state index < -0.39 is 0 Å². The molecular formula is C12H17N3OS. The highest BCUT2D eigenvalue weighted by Gasteiger charge is 2.03. The standard InChI is InChI=1S/C12H17N3OS/c1-9(2)14-15-11-5-3-10(4-6-11)12(16)13-7-8-17/h3-6,15,17H,7-8H2,1-2H3,(H,13,16). The normalized spacial score (nSPS) is 9.59. The Kier molecular flexibility index (Phi) is 5.56. The van der Waals surface area contributed by atoms with Crippen LogP contribution in [0.1, 0.15) is 24.2 Å². The highest BCUT2D eigenvalue weighted by Crippen LogP contribution is 2.09. The minimum atomic E-state index is -0.0826. The van der Waals surface area contributed by atoms with Crippen molar-refractivity contribution in [3.8, 4) is 0 Å². The van der Waals surface area contributed by atoms with Gasteiger partial charge in [0, 0.05) is 23.6 Å². The van der Waals surface area contributed by atoms with E-state index in [0.29, 0.717) is 17.9 Å². The lowest BCUT2D eigenvalue weighted by atomic mass is 10.2. The summed E-state index contributed by atoms with van der Waals surface area (Å²) in [6, 6.07) is 7.16. The van der Waals surface area contributed by atoms with E-state index in [-0.39, 0.29) is 5.91 Å². The van der Waals surface area contributed by atoms with Gasteiger partial charge in [-0.25, -0.2) is 0 Å². The highest BCUT2D eigenvalue weighted by atomic mass is 32.1. The molecule has 4 nitrogen and oxygen atoms in total. The Bertz CT molecular complexity index is 397. The second kappa shape index (κ2) is 6.96. The van der Waals surface area contributed by atoms with E-state index in [1.54, 1.807) is 12.1 Å². The number of anilines is 1. The maximum atomic E-state index is 11.6. The van der Waals surface area contributed by atoms with Gasteiger partial charge in [-0.15, -0.1) is 0 Å². The molecule has 0 unspecified atom stereocenters. The van der Waals surface area contributed by atoms with E-state index >= 15 is 0 Å². The van der Waals surface area contributed by atoms with Crippen LogP contribution in [0, 0.1) is 0 Å². The number of thiol groups is 1. The van der Waals surface area contributed by atoms with Crippen molar-refractivity contribution in [3.05, 3.63) is 29.8 Å². The summed E-state index contributed by atoms with van der Waals surface area (Å²) < 4.78 is 0. The summed E-state index contributed by atoms with van der Waals surface area (Å²) in [5.41, 5.74) is 5.33. The van der Waals surface area contributed by atoms with Gasteiger partial charge in [0.1, 0.15) is 0 Å². The molecule has 0 saturated heterocycles. The van der Waals surface area contributed by atoms with Crippen molar-refractivity contribution >= 4 is 29.9 Å². The first-order valence-electron chi connectivity index (χ1n) is 5.39. The number of hydrogen-bond acceptors (Lipinski definition) is 4. The van der Waals surface area contributed by atoms with Crippen LogP contribution in [0.25, 0.3) is 0 Å². The number of amides is 1. The Morgan fingerprint density at radius 1 is 1.29 bits per heavy atom. The number of benzene rings is 1. The van der Waals surface area contributed by atoms with Crippen molar-refractivity contribution in [1.82, 2.24) is 5.32 Å². The number of carbonyl (C=O) groups excluding carboxylic acids is 1. The van der Waals surface area contributed by atoms with Crippen molar-refractivity contribution in [3.63, 3.8) is 0 Å². The molecule has 0 saturated carbocycles.